The van der Waals surface area contributed by atoms with Gasteiger partial charge in [-0.15, -0.1) is 0 Å². The van der Waals surface area contributed by atoms with Crippen LogP contribution in [0.3, 0.4) is 0 Å². The van der Waals surface area contributed by atoms with E-state index in [-0.39, 0.29) is 17.6 Å². The van der Waals surface area contributed by atoms with Crippen molar-refractivity contribution in [3.63, 3.8) is 0 Å². The van der Waals surface area contributed by atoms with E-state index in [1.54, 1.807) is 11.8 Å². The van der Waals surface area contributed by atoms with Gasteiger partial charge in [0.2, 0.25) is 5.91 Å². The van der Waals surface area contributed by atoms with Gasteiger partial charge < -0.3 is 20.1 Å². The molecule has 2 N–H and O–H groups in total. The summed E-state index contributed by atoms with van der Waals surface area (Å²) in [5, 5.41) is 4.31. The lowest BCUT2D eigenvalue weighted by Gasteiger charge is -2.26. The maximum atomic E-state index is 13.1. The molecular weight excluding hydrogens is 410 g/mol. The molecule has 172 valence electrons. The fourth-order valence-electron chi connectivity index (χ4n) is 4.33. The third-order valence-electron chi connectivity index (χ3n) is 6.27. The Morgan fingerprint density at radius 3 is 2.66 bits per heavy atom. The Bertz CT molecular complexity index is 936. The van der Waals surface area contributed by atoms with Gasteiger partial charge in [-0.1, -0.05) is 0 Å². The van der Waals surface area contributed by atoms with Crippen molar-refractivity contribution in [2.24, 2.45) is 5.92 Å². The van der Waals surface area contributed by atoms with Crippen LogP contribution in [0.5, 0.6) is 5.75 Å². The highest BCUT2D eigenvalue weighted by Gasteiger charge is 2.33. The maximum absolute atomic E-state index is 13.1. The number of nitrogens with zero attached hydrogens (tertiary/aromatic N) is 4. The number of hydrogen-bond donors (Lipinski definition) is 1. The standard InChI is InChI=1S/C23H31N5O4/c1-31-19-6-4-18(5-7-19)28-23(24)20(15-25-28)22(30)17-8-10-27(16-17)21(29)3-2-9-26-11-13-32-14-12-26/h4-7,15,17H,2-3,8-14,16,24H2,1H3. The summed E-state index contributed by atoms with van der Waals surface area (Å²) in [6, 6.07) is 7.31. The molecule has 0 bridgehead atoms. The van der Waals surface area contributed by atoms with Crippen LogP contribution in [0.2, 0.25) is 0 Å². The van der Waals surface area contributed by atoms with E-state index in [0.717, 1.165) is 50.7 Å². The van der Waals surface area contributed by atoms with Gasteiger partial charge in [0, 0.05) is 38.5 Å². The Morgan fingerprint density at radius 1 is 1.19 bits per heavy atom. The molecule has 2 aliphatic rings. The molecule has 0 aliphatic carbocycles. The Kier molecular flexibility index (Phi) is 7.06. The van der Waals surface area contributed by atoms with Crippen molar-refractivity contribution in [3.05, 3.63) is 36.0 Å². The van der Waals surface area contributed by atoms with Crippen LogP contribution >= 0.6 is 0 Å². The van der Waals surface area contributed by atoms with Gasteiger partial charge in [0.1, 0.15) is 11.6 Å². The molecule has 2 aliphatic heterocycles. The summed E-state index contributed by atoms with van der Waals surface area (Å²) in [7, 11) is 1.60. The average Bonchev–Trinajstić information content (AvgIpc) is 3.47. The van der Waals surface area contributed by atoms with Crippen molar-refractivity contribution < 1.29 is 19.1 Å². The molecule has 1 atom stereocenters. The molecular formula is C23H31N5O4. The van der Waals surface area contributed by atoms with Gasteiger partial charge in [-0.25, -0.2) is 4.68 Å². The summed E-state index contributed by atoms with van der Waals surface area (Å²) in [6.07, 6.45) is 3.52. The zero-order valence-corrected chi connectivity index (χ0v) is 18.5. The highest BCUT2D eigenvalue weighted by molar-refractivity contribution is 6.02. The van der Waals surface area contributed by atoms with Crippen LogP contribution < -0.4 is 10.5 Å². The highest BCUT2D eigenvalue weighted by atomic mass is 16.5. The number of amides is 1. The summed E-state index contributed by atoms with van der Waals surface area (Å²) in [5.41, 5.74) is 7.42. The lowest BCUT2D eigenvalue weighted by Crippen LogP contribution is -2.37. The molecule has 2 saturated heterocycles. The largest absolute Gasteiger partial charge is 0.497 e. The van der Waals surface area contributed by atoms with Crippen molar-refractivity contribution >= 4 is 17.5 Å². The second kappa shape index (κ2) is 10.1. The minimum atomic E-state index is -0.242. The minimum absolute atomic E-state index is 0.0501. The number of ketones is 1. The third-order valence-corrected chi connectivity index (χ3v) is 6.27. The van der Waals surface area contributed by atoms with Gasteiger partial charge in [0.25, 0.3) is 0 Å². The number of benzene rings is 1. The van der Waals surface area contributed by atoms with Gasteiger partial charge in [-0.05, 0) is 43.7 Å². The van der Waals surface area contributed by atoms with Gasteiger partial charge in [0.15, 0.2) is 5.78 Å². The number of nitrogen functional groups attached to an aromatic ring is 1. The SMILES string of the molecule is COc1ccc(-n2ncc(C(=O)C3CCN(C(=O)CCCN4CCOCC4)C3)c2N)cc1. The van der Waals surface area contributed by atoms with E-state index in [2.05, 4.69) is 10.00 Å². The summed E-state index contributed by atoms with van der Waals surface area (Å²) >= 11 is 0. The Hall–Kier alpha value is -2.91. The van der Waals surface area contributed by atoms with Crippen molar-refractivity contribution in [1.82, 2.24) is 19.6 Å². The second-order valence-corrected chi connectivity index (χ2v) is 8.30. The topological polar surface area (TPSA) is 103 Å². The normalized spacial score (nSPS) is 19.3. The van der Waals surface area contributed by atoms with E-state index in [4.69, 9.17) is 15.2 Å². The summed E-state index contributed by atoms with van der Waals surface area (Å²) in [5.74, 6) is 0.877. The minimum Gasteiger partial charge on any atom is -0.497 e. The van der Waals surface area contributed by atoms with Crippen molar-refractivity contribution in [2.75, 3.05) is 58.8 Å². The van der Waals surface area contributed by atoms with Crippen molar-refractivity contribution in [1.29, 1.82) is 0 Å². The fourth-order valence-corrected chi connectivity index (χ4v) is 4.33. The smallest absolute Gasteiger partial charge is 0.222 e. The Morgan fingerprint density at radius 2 is 1.94 bits per heavy atom. The first kappa shape index (κ1) is 22.3. The number of rotatable bonds is 8. The molecule has 3 heterocycles. The molecule has 2 fully saturated rings. The monoisotopic (exact) mass is 441 g/mol. The molecule has 2 aromatic rings. The van der Waals surface area contributed by atoms with Gasteiger partial charge >= 0.3 is 0 Å². The number of hydrogen-bond acceptors (Lipinski definition) is 7. The van der Waals surface area contributed by atoms with E-state index >= 15 is 0 Å². The van der Waals surface area contributed by atoms with Gasteiger partial charge in [-0.2, -0.15) is 5.10 Å². The molecule has 9 nitrogen and oxygen atoms in total. The number of nitrogens with two attached hydrogens (primary N) is 1. The fraction of sp³-hybridized carbons (Fsp3) is 0.522. The number of anilines is 1. The summed E-state index contributed by atoms with van der Waals surface area (Å²) in [6.45, 7) is 5.36. The van der Waals surface area contributed by atoms with Crippen LogP contribution in [-0.2, 0) is 9.53 Å². The number of morpholine rings is 1. The van der Waals surface area contributed by atoms with Crippen LogP contribution in [0.1, 0.15) is 29.6 Å². The lowest BCUT2D eigenvalue weighted by molar-refractivity contribution is -0.130. The predicted octanol–water partition coefficient (Wildman–Crippen LogP) is 1.61. The Balaban J connectivity index is 1.31. The number of carbonyl (C=O) groups is 2. The van der Waals surface area contributed by atoms with E-state index in [1.807, 2.05) is 29.2 Å². The molecule has 32 heavy (non-hydrogen) atoms. The number of Topliss-reactive ketones (excluding diaryl/α,β-unsaturated/α-hetero) is 1. The summed E-state index contributed by atoms with van der Waals surface area (Å²) < 4.78 is 12.1. The van der Waals surface area contributed by atoms with E-state index in [1.165, 1.54) is 6.20 Å². The second-order valence-electron chi connectivity index (χ2n) is 8.30. The van der Waals surface area contributed by atoms with Crippen LogP contribution in [0.4, 0.5) is 5.82 Å². The molecule has 1 aromatic heterocycles. The van der Waals surface area contributed by atoms with Gasteiger partial charge in [-0.3, -0.25) is 14.5 Å². The summed E-state index contributed by atoms with van der Waals surface area (Å²) in [4.78, 5) is 29.9. The van der Waals surface area contributed by atoms with Crippen LogP contribution in [0.15, 0.2) is 30.5 Å². The molecule has 1 unspecified atom stereocenters. The van der Waals surface area contributed by atoms with Crippen molar-refractivity contribution in [3.8, 4) is 11.4 Å². The molecule has 9 heteroatoms. The maximum Gasteiger partial charge on any atom is 0.222 e. The number of methoxy groups -OCH3 is 1. The third kappa shape index (κ3) is 4.94. The highest BCUT2D eigenvalue weighted by Crippen LogP contribution is 2.26. The van der Waals surface area contributed by atoms with Gasteiger partial charge in [0.05, 0.1) is 37.8 Å². The Labute approximate surface area is 188 Å². The first-order valence-electron chi connectivity index (χ1n) is 11.2. The molecule has 0 radical (unpaired) electrons. The first-order chi connectivity index (χ1) is 15.6. The first-order valence-corrected chi connectivity index (χ1v) is 11.2. The molecule has 4 rings (SSSR count). The number of likely N-dealkylation sites (tertiary alicyclic amines) is 1. The number of ether oxygens (including phenoxy) is 2. The molecule has 1 aromatic carbocycles. The van der Waals surface area contributed by atoms with Crippen LogP contribution in [0, 0.1) is 5.92 Å². The zero-order chi connectivity index (χ0) is 22.5. The molecule has 0 saturated carbocycles. The predicted molar refractivity (Wildman–Crippen MR) is 120 cm³/mol. The number of carbonyl (C=O) groups excluding carboxylic acids is 2. The average molecular weight is 442 g/mol. The molecule has 0 spiro atoms. The van der Waals surface area contributed by atoms with Crippen LogP contribution in [0.25, 0.3) is 5.69 Å². The van der Waals surface area contributed by atoms with Crippen LogP contribution in [-0.4, -0.2) is 84.3 Å². The van der Waals surface area contributed by atoms with E-state index in [9.17, 15) is 9.59 Å². The zero-order valence-electron chi connectivity index (χ0n) is 18.5. The number of aromatic nitrogens is 2. The van der Waals surface area contributed by atoms with E-state index < -0.39 is 0 Å². The van der Waals surface area contributed by atoms with E-state index in [0.29, 0.717) is 37.3 Å². The van der Waals surface area contributed by atoms with Crippen molar-refractivity contribution in [2.45, 2.75) is 19.3 Å². The quantitative estimate of drug-likeness (QED) is 0.621. The molecule has 1 amide bonds. The lowest BCUT2D eigenvalue weighted by atomic mass is 9.98.